The number of carbonyl (C=O) groups is 2. The second-order valence-electron chi connectivity index (χ2n) is 3.82. The van der Waals surface area contributed by atoms with Crippen LogP contribution in [-0.4, -0.2) is 23.1 Å². The minimum absolute atomic E-state index is 0.0823. The molecule has 0 aromatic rings. The van der Waals surface area contributed by atoms with E-state index in [2.05, 4.69) is 0 Å². The number of carboxylic acids is 1. The van der Waals surface area contributed by atoms with Gasteiger partial charge >= 0.3 is 11.9 Å². The number of nitriles is 1. The summed E-state index contributed by atoms with van der Waals surface area (Å²) in [5, 5.41) is 16.8. The average Bonchev–Trinajstić information content (AvgIpc) is 2.29. The summed E-state index contributed by atoms with van der Waals surface area (Å²) < 4.78 is 5.17. The monoisotopic (exact) mass is 241 g/mol. The zero-order valence-electron chi connectivity index (χ0n) is 10.1. The van der Waals surface area contributed by atoms with Crippen molar-refractivity contribution in [2.24, 2.45) is 0 Å². The molecule has 0 fully saturated rings. The van der Waals surface area contributed by atoms with Crippen LogP contribution in [0.25, 0.3) is 0 Å². The van der Waals surface area contributed by atoms with Crippen molar-refractivity contribution in [3.8, 4) is 6.07 Å². The molecule has 0 spiro atoms. The number of rotatable bonds is 9. The molecule has 17 heavy (non-hydrogen) atoms. The van der Waals surface area contributed by atoms with E-state index in [1.54, 1.807) is 0 Å². The molecule has 0 heterocycles. The maximum absolute atomic E-state index is 11.4. The summed E-state index contributed by atoms with van der Waals surface area (Å²) in [5.74, 6) is -1.15. The fourth-order valence-electron chi connectivity index (χ4n) is 1.36. The van der Waals surface area contributed by atoms with E-state index in [1.165, 1.54) is 0 Å². The molecule has 0 saturated carbocycles. The predicted octanol–water partition coefficient (Wildman–Crippen LogP) is 2.26. The van der Waals surface area contributed by atoms with Gasteiger partial charge in [-0.1, -0.05) is 6.92 Å². The van der Waals surface area contributed by atoms with Gasteiger partial charge in [-0.15, -0.1) is 0 Å². The van der Waals surface area contributed by atoms with E-state index >= 15 is 0 Å². The van der Waals surface area contributed by atoms with Crippen molar-refractivity contribution in [1.82, 2.24) is 0 Å². The van der Waals surface area contributed by atoms with E-state index in [-0.39, 0.29) is 24.9 Å². The standard InChI is InChI=1S/C12H19NO4/c1-2-10(6-5-9-13)17-12(16)8-4-3-7-11(14)15/h10H,2-8H2,1H3,(H,14,15). The second-order valence-corrected chi connectivity index (χ2v) is 3.82. The number of esters is 1. The van der Waals surface area contributed by atoms with Crippen LogP contribution in [0.5, 0.6) is 0 Å². The van der Waals surface area contributed by atoms with Crippen molar-refractivity contribution in [2.75, 3.05) is 0 Å². The molecular weight excluding hydrogens is 222 g/mol. The summed E-state index contributed by atoms with van der Waals surface area (Å²) in [5.41, 5.74) is 0. The summed E-state index contributed by atoms with van der Waals surface area (Å²) in [6.07, 6.45) is 2.79. The Morgan fingerprint density at radius 2 is 2.00 bits per heavy atom. The minimum atomic E-state index is -0.848. The lowest BCUT2D eigenvalue weighted by Gasteiger charge is -2.14. The largest absolute Gasteiger partial charge is 0.481 e. The van der Waals surface area contributed by atoms with E-state index in [9.17, 15) is 9.59 Å². The molecule has 0 aliphatic heterocycles. The number of carbonyl (C=O) groups excluding carboxylic acids is 1. The van der Waals surface area contributed by atoms with Crippen LogP contribution in [0.4, 0.5) is 0 Å². The topological polar surface area (TPSA) is 87.4 Å². The smallest absolute Gasteiger partial charge is 0.306 e. The van der Waals surface area contributed by atoms with Crippen LogP contribution in [0, 0.1) is 11.3 Å². The molecule has 0 aromatic carbocycles. The SMILES string of the molecule is CCC(CCC#N)OC(=O)CCCCC(=O)O. The molecule has 0 saturated heterocycles. The third-order valence-electron chi connectivity index (χ3n) is 2.35. The van der Waals surface area contributed by atoms with Gasteiger partial charge in [0, 0.05) is 19.3 Å². The van der Waals surface area contributed by atoms with Crippen molar-refractivity contribution in [3.63, 3.8) is 0 Å². The summed E-state index contributed by atoms with van der Waals surface area (Å²) in [7, 11) is 0. The van der Waals surface area contributed by atoms with Crippen LogP contribution in [0.2, 0.25) is 0 Å². The lowest BCUT2D eigenvalue weighted by molar-refractivity contribution is -0.150. The van der Waals surface area contributed by atoms with Crippen molar-refractivity contribution in [1.29, 1.82) is 5.26 Å². The Morgan fingerprint density at radius 3 is 2.53 bits per heavy atom. The highest BCUT2D eigenvalue weighted by molar-refractivity contribution is 5.70. The fourth-order valence-corrected chi connectivity index (χ4v) is 1.36. The second kappa shape index (κ2) is 9.64. The molecule has 5 heteroatoms. The number of hydrogen-bond donors (Lipinski definition) is 1. The molecule has 0 aromatic heterocycles. The maximum Gasteiger partial charge on any atom is 0.306 e. The van der Waals surface area contributed by atoms with E-state index in [4.69, 9.17) is 15.1 Å². The molecule has 1 N–H and O–H groups in total. The van der Waals surface area contributed by atoms with Crippen LogP contribution in [0.1, 0.15) is 51.9 Å². The van der Waals surface area contributed by atoms with Gasteiger partial charge in [-0.05, 0) is 25.7 Å². The van der Waals surface area contributed by atoms with Crippen LogP contribution in [-0.2, 0) is 14.3 Å². The molecule has 0 bridgehead atoms. The number of ether oxygens (including phenoxy) is 1. The Hall–Kier alpha value is -1.57. The van der Waals surface area contributed by atoms with Crippen LogP contribution < -0.4 is 0 Å². The van der Waals surface area contributed by atoms with Crippen LogP contribution >= 0.6 is 0 Å². The number of nitrogens with zero attached hydrogens (tertiary/aromatic N) is 1. The van der Waals surface area contributed by atoms with E-state index in [0.29, 0.717) is 32.1 Å². The van der Waals surface area contributed by atoms with Gasteiger partial charge in [0.25, 0.3) is 0 Å². The molecule has 0 aliphatic rings. The Morgan fingerprint density at radius 1 is 1.35 bits per heavy atom. The van der Waals surface area contributed by atoms with Gasteiger partial charge in [0.1, 0.15) is 6.10 Å². The first kappa shape index (κ1) is 15.4. The molecule has 1 atom stereocenters. The van der Waals surface area contributed by atoms with Crippen molar-refractivity contribution in [3.05, 3.63) is 0 Å². The molecule has 96 valence electrons. The third-order valence-corrected chi connectivity index (χ3v) is 2.35. The quantitative estimate of drug-likeness (QED) is 0.494. The highest BCUT2D eigenvalue weighted by Gasteiger charge is 2.12. The Bertz CT molecular complexity index is 283. The number of unbranched alkanes of at least 4 members (excludes halogenated alkanes) is 1. The van der Waals surface area contributed by atoms with Gasteiger partial charge in [0.05, 0.1) is 6.07 Å². The summed E-state index contributed by atoms with van der Waals surface area (Å²) in [4.78, 5) is 21.6. The van der Waals surface area contributed by atoms with Gasteiger partial charge in [-0.2, -0.15) is 5.26 Å². The van der Waals surface area contributed by atoms with Crippen LogP contribution in [0.15, 0.2) is 0 Å². The summed E-state index contributed by atoms with van der Waals surface area (Å²) >= 11 is 0. The molecule has 5 nitrogen and oxygen atoms in total. The Kier molecular flexibility index (Phi) is 8.75. The predicted molar refractivity (Wildman–Crippen MR) is 61.1 cm³/mol. The molecule has 0 rings (SSSR count). The van der Waals surface area contributed by atoms with E-state index in [1.807, 2.05) is 13.0 Å². The first-order valence-electron chi connectivity index (χ1n) is 5.88. The summed E-state index contributed by atoms with van der Waals surface area (Å²) in [6.45, 7) is 1.90. The van der Waals surface area contributed by atoms with Gasteiger partial charge in [-0.25, -0.2) is 0 Å². The van der Waals surface area contributed by atoms with Crippen molar-refractivity contribution >= 4 is 11.9 Å². The zero-order valence-corrected chi connectivity index (χ0v) is 10.1. The average molecular weight is 241 g/mol. The Labute approximate surface area is 101 Å². The lowest BCUT2D eigenvalue weighted by Crippen LogP contribution is -2.17. The fraction of sp³-hybridized carbons (Fsp3) is 0.750. The molecule has 0 radical (unpaired) electrons. The lowest BCUT2D eigenvalue weighted by atomic mass is 10.1. The van der Waals surface area contributed by atoms with Crippen LogP contribution in [0.3, 0.4) is 0 Å². The van der Waals surface area contributed by atoms with Gasteiger partial charge in [0.15, 0.2) is 0 Å². The van der Waals surface area contributed by atoms with Gasteiger partial charge < -0.3 is 9.84 Å². The number of hydrogen-bond acceptors (Lipinski definition) is 4. The highest BCUT2D eigenvalue weighted by atomic mass is 16.5. The van der Waals surface area contributed by atoms with Crippen molar-refractivity contribution in [2.45, 2.75) is 58.0 Å². The summed E-state index contributed by atoms with van der Waals surface area (Å²) in [6, 6.07) is 2.01. The highest BCUT2D eigenvalue weighted by Crippen LogP contribution is 2.09. The third kappa shape index (κ3) is 9.36. The van der Waals surface area contributed by atoms with Gasteiger partial charge in [-0.3, -0.25) is 9.59 Å². The molecule has 1 unspecified atom stereocenters. The number of aliphatic carboxylic acids is 1. The normalized spacial score (nSPS) is 11.5. The van der Waals surface area contributed by atoms with Gasteiger partial charge in [0.2, 0.25) is 0 Å². The molecular formula is C12H19NO4. The first-order chi connectivity index (χ1) is 8.10. The maximum atomic E-state index is 11.4. The Balaban J connectivity index is 3.68. The number of carboxylic acid groups (broad SMARTS) is 1. The van der Waals surface area contributed by atoms with E-state index in [0.717, 1.165) is 0 Å². The zero-order chi connectivity index (χ0) is 13.1. The van der Waals surface area contributed by atoms with E-state index < -0.39 is 5.97 Å². The van der Waals surface area contributed by atoms with Crippen molar-refractivity contribution < 1.29 is 19.4 Å². The first-order valence-corrected chi connectivity index (χ1v) is 5.88. The molecule has 0 amide bonds. The minimum Gasteiger partial charge on any atom is -0.481 e. The molecule has 0 aliphatic carbocycles.